The van der Waals surface area contributed by atoms with Gasteiger partial charge in [-0.1, -0.05) is 47.2 Å². The van der Waals surface area contributed by atoms with Gasteiger partial charge in [0.2, 0.25) is 11.0 Å². The van der Waals surface area contributed by atoms with Gasteiger partial charge in [-0.15, -0.1) is 10.2 Å². The number of nitrogens with zero attached hydrogens (tertiary/aromatic N) is 3. The lowest BCUT2D eigenvalue weighted by Gasteiger charge is -2.17. The molecule has 1 saturated heterocycles. The number of halogens is 1. The van der Waals surface area contributed by atoms with E-state index in [2.05, 4.69) is 15.5 Å². The van der Waals surface area contributed by atoms with Crippen LogP contribution in [0.1, 0.15) is 33.3 Å². The zero-order chi connectivity index (χ0) is 19.7. The number of aromatic nitrogens is 2. The van der Waals surface area contributed by atoms with E-state index in [-0.39, 0.29) is 17.7 Å². The molecule has 0 radical (unpaired) electrons. The first kappa shape index (κ1) is 18.6. The number of nitrogens with one attached hydrogen (secondary N) is 1. The zero-order valence-electron chi connectivity index (χ0n) is 15.1. The topological polar surface area (TPSA) is 75.2 Å². The van der Waals surface area contributed by atoms with Crippen LogP contribution >= 0.6 is 22.9 Å². The first-order valence-electron chi connectivity index (χ1n) is 8.77. The number of carbonyl (C=O) groups is 2. The number of carbonyl (C=O) groups excluding carboxylic acids is 2. The van der Waals surface area contributed by atoms with Crippen LogP contribution in [0.5, 0.6) is 0 Å². The summed E-state index contributed by atoms with van der Waals surface area (Å²) in [6.45, 7) is 2.44. The van der Waals surface area contributed by atoms with Gasteiger partial charge >= 0.3 is 0 Å². The molecule has 0 unspecified atom stereocenters. The largest absolute Gasteiger partial charge is 0.312 e. The number of rotatable bonds is 4. The fourth-order valence-electron chi connectivity index (χ4n) is 3.08. The molecule has 1 fully saturated rings. The molecule has 1 N–H and O–H groups in total. The molecule has 6 nitrogen and oxygen atoms in total. The lowest BCUT2D eigenvalue weighted by Crippen LogP contribution is -2.24. The molecule has 0 saturated carbocycles. The Morgan fingerprint density at radius 3 is 2.75 bits per heavy atom. The van der Waals surface area contributed by atoms with Gasteiger partial charge in [-0.25, -0.2) is 0 Å². The Balaban J connectivity index is 1.46. The maximum Gasteiger partial charge on any atom is 0.257 e. The SMILES string of the molecule is Cc1ccc(N2C[C@@H](c3nnc(NC(=O)c4ccccc4)s3)CC2=O)cc1Cl. The van der Waals surface area contributed by atoms with Gasteiger partial charge in [-0.2, -0.15) is 0 Å². The van der Waals surface area contributed by atoms with Crippen LogP contribution in [0, 0.1) is 6.92 Å². The van der Waals surface area contributed by atoms with Crippen molar-refractivity contribution in [2.75, 3.05) is 16.8 Å². The Morgan fingerprint density at radius 2 is 2.00 bits per heavy atom. The van der Waals surface area contributed by atoms with E-state index in [1.165, 1.54) is 11.3 Å². The van der Waals surface area contributed by atoms with Gasteiger partial charge in [0, 0.05) is 35.2 Å². The normalized spacial score (nSPS) is 16.4. The van der Waals surface area contributed by atoms with Crippen molar-refractivity contribution in [2.45, 2.75) is 19.3 Å². The molecule has 4 rings (SSSR count). The first-order chi connectivity index (χ1) is 13.5. The monoisotopic (exact) mass is 412 g/mol. The van der Waals surface area contributed by atoms with Crippen LogP contribution in [0.25, 0.3) is 0 Å². The van der Waals surface area contributed by atoms with E-state index in [0.717, 1.165) is 16.3 Å². The smallest absolute Gasteiger partial charge is 0.257 e. The molecule has 8 heteroatoms. The fourth-order valence-corrected chi connectivity index (χ4v) is 4.09. The van der Waals surface area contributed by atoms with Crippen molar-refractivity contribution < 1.29 is 9.59 Å². The minimum absolute atomic E-state index is 0.0231. The van der Waals surface area contributed by atoms with Gasteiger partial charge in [-0.05, 0) is 36.8 Å². The standard InChI is InChI=1S/C20H17ClN4O2S/c1-12-7-8-15(10-16(12)21)25-11-14(9-17(25)26)19-23-24-20(28-19)22-18(27)13-5-3-2-4-6-13/h2-8,10,14H,9,11H2,1H3,(H,22,24,27)/t14-/m0/s1. The highest BCUT2D eigenvalue weighted by Gasteiger charge is 2.34. The third-order valence-corrected chi connectivity index (χ3v) is 6.05. The Hall–Kier alpha value is -2.77. The molecule has 0 spiro atoms. The summed E-state index contributed by atoms with van der Waals surface area (Å²) in [6, 6.07) is 14.5. The summed E-state index contributed by atoms with van der Waals surface area (Å²) in [5.74, 6) is -0.274. The summed E-state index contributed by atoms with van der Waals surface area (Å²) in [5.41, 5.74) is 2.31. The Labute approximate surface area is 171 Å². The highest BCUT2D eigenvalue weighted by molar-refractivity contribution is 7.15. The second-order valence-corrected chi connectivity index (χ2v) is 8.02. The number of hydrogen-bond donors (Lipinski definition) is 1. The number of hydrogen-bond acceptors (Lipinski definition) is 5. The highest BCUT2D eigenvalue weighted by atomic mass is 35.5. The number of anilines is 2. The van der Waals surface area contributed by atoms with Gasteiger partial charge in [0.1, 0.15) is 5.01 Å². The molecule has 1 aliphatic rings. The van der Waals surface area contributed by atoms with Gasteiger partial charge in [0.05, 0.1) is 0 Å². The van der Waals surface area contributed by atoms with Gasteiger partial charge in [0.25, 0.3) is 5.91 Å². The first-order valence-corrected chi connectivity index (χ1v) is 9.97. The van der Waals surface area contributed by atoms with E-state index in [9.17, 15) is 9.59 Å². The summed E-state index contributed by atoms with van der Waals surface area (Å²) in [5, 5.41) is 12.8. The fraction of sp³-hybridized carbons (Fsp3) is 0.200. The van der Waals surface area contributed by atoms with E-state index in [1.807, 2.05) is 31.2 Å². The average Bonchev–Trinajstić information content (AvgIpc) is 3.31. The van der Waals surface area contributed by atoms with Crippen molar-refractivity contribution in [1.82, 2.24) is 10.2 Å². The van der Waals surface area contributed by atoms with Crippen LogP contribution in [0.15, 0.2) is 48.5 Å². The van der Waals surface area contributed by atoms with Crippen LogP contribution in [0.3, 0.4) is 0 Å². The van der Waals surface area contributed by atoms with Crippen molar-refractivity contribution in [1.29, 1.82) is 0 Å². The molecule has 2 heterocycles. The summed E-state index contributed by atoms with van der Waals surface area (Å²) in [7, 11) is 0. The van der Waals surface area contributed by atoms with E-state index < -0.39 is 0 Å². The van der Waals surface area contributed by atoms with Crippen LogP contribution in [-0.4, -0.2) is 28.6 Å². The molecule has 28 heavy (non-hydrogen) atoms. The van der Waals surface area contributed by atoms with Crippen molar-refractivity contribution in [2.24, 2.45) is 0 Å². The predicted octanol–water partition coefficient (Wildman–Crippen LogP) is 4.27. The summed E-state index contributed by atoms with van der Waals surface area (Å²) in [4.78, 5) is 26.5. The van der Waals surface area contributed by atoms with Gasteiger partial charge in [-0.3, -0.25) is 14.9 Å². The molecular formula is C20H17ClN4O2S. The van der Waals surface area contributed by atoms with Crippen LogP contribution < -0.4 is 10.2 Å². The van der Waals surface area contributed by atoms with Crippen molar-refractivity contribution in [3.63, 3.8) is 0 Å². The minimum atomic E-state index is -0.235. The molecule has 1 aromatic heterocycles. The molecule has 0 bridgehead atoms. The van der Waals surface area contributed by atoms with Crippen molar-refractivity contribution in [3.8, 4) is 0 Å². The molecule has 3 aromatic rings. The Kier molecular flexibility index (Phi) is 5.11. The van der Waals surface area contributed by atoms with Gasteiger partial charge < -0.3 is 4.90 Å². The minimum Gasteiger partial charge on any atom is -0.312 e. The second-order valence-electron chi connectivity index (χ2n) is 6.60. The number of amides is 2. The van der Waals surface area contributed by atoms with Crippen LogP contribution in [0.4, 0.5) is 10.8 Å². The van der Waals surface area contributed by atoms with E-state index in [1.54, 1.807) is 29.2 Å². The molecular weight excluding hydrogens is 396 g/mol. The summed E-state index contributed by atoms with van der Waals surface area (Å²) in [6.07, 6.45) is 0.354. The Bertz CT molecular complexity index is 1040. The van der Waals surface area contributed by atoms with E-state index in [0.29, 0.717) is 28.7 Å². The molecule has 142 valence electrons. The van der Waals surface area contributed by atoms with Gasteiger partial charge in [0.15, 0.2) is 0 Å². The highest BCUT2D eigenvalue weighted by Crippen LogP contribution is 2.35. The predicted molar refractivity (Wildman–Crippen MR) is 110 cm³/mol. The van der Waals surface area contributed by atoms with Crippen molar-refractivity contribution >= 4 is 45.6 Å². The molecule has 1 atom stereocenters. The van der Waals surface area contributed by atoms with Crippen molar-refractivity contribution in [3.05, 3.63) is 69.7 Å². The lowest BCUT2D eigenvalue weighted by atomic mass is 10.1. The molecule has 2 aromatic carbocycles. The van der Waals surface area contributed by atoms with Crippen LogP contribution in [-0.2, 0) is 4.79 Å². The number of benzene rings is 2. The quantitative estimate of drug-likeness (QED) is 0.694. The van der Waals surface area contributed by atoms with Crippen LogP contribution in [0.2, 0.25) is 5.02 Å². The third kappa shape index (κ3) is 3.76. The van der Waals surface area contributed by atoms with E-state index in [4.69, 9.17) is 11.6 Å². The zero-order valence-corrected chi connectivity index (χ0v) is 16.6. The maximum absolute atomic E-state index is 12.5. The summed E-state index contributed by atoms with van der Waals surface area (Å²) >= 11 is 7.50. The average molecular weight is 413 g/mol. The second kappa shape index (κ2) is 7.69. The Morgan fingerprint density at radius 1 is 1.21 bits per heavy atom. The lowest BCUT2D eigenvalue weighted by molar-refractivity contribution is -0.117. The third-order valence-electron chi connectivity index (χ3n) is 4.64. The summed E-state index contributed by atoms with van der Waals surface area (Å²) < 4.78 is 0. The van der Waals surface area contributed by atoms with E-state index >= 15 is 0 Å². The molecule has 2 amide bonds. The number of aryl methyl sites for hydroxylation is 1. The maximum atomic E-state index is 12.5. The molecule has 1 aliphatic heterocycles. The molecule has 0 aliphatic carbocycles.